The molecule has 1 fully saturated rings. The highest BCUT2D eigenvalue weighted by Gasteiger charge is 2.44. The van der Waals surface area contributed by atoms with Crippen LogP contribution in [-0.4, -0.2) is 28.9 Å². The number of nitrogens with two attached hydrogens (primary N) is 1. The van der Waals surface area contributed by atoms with Crippen molar-refractivity contribution in [3.05, 3.63) is 76.7 Å². The summed E-state index contributed by atoms with van der Waals surface area (Å²) in [5.41, 5.74) is 7.10. The molecule has 1 atom stereocenters. The number of benzene rings is 2. The lowest BCUT2D eigenvalue weighted by atomic mass is 9.79. The van der Waals surface area contributed by atoms with E-state index in [9.17, 15) is 4.79 Å². The maximum Gasteiger partial charge on any atom is 0.229 e. The average Bonchev–Trinajstić information content (AvgIpc) is 3.31. The first-order chi connectivity index (χ1) is 13.1. The summed E-state index contributed by atoms with van der Waals surface area (Å²) in [7, 11) is 0. The second-order valence-electron chi connectivity index (χ2n) is 6.90. The second kappa shape index (κ2) is 7.29. The number of hydrogen-bond donors (Lipinski definition) is 1. The largest absolute Gasteiger partial charge is 0.439 e. The van der Waals surface area contributed by atoms with Crippen molar-refractivity contribution in [1.29, 1.82) is 0 Å². The number of nitrogens with zero attached hydrogens (tertiary/aromatic N) is 2. The van der Waals surface area contributed by atoms with Gasteiger partial charge in [0.1, 0.15) is 0 Å². The van der Waals surface area contributed by atoms with Crippen LogP contribution in [0.15, 0.2) is 69.7 Å². The van der Waals surface area contributed by atoms with Gasteiger partial charge in [0.05, 0.1) is 18.2 Å². The van der Waals surface area contributed by atoms with E-state index in [4.69, 9.17) is 10.2 Å². The number of carbonyl (C=O) groups is 1. The first-order valence-corrected chi connectivity index (χ1v) is 9.64. The van der Waals surface area contributed by atoms with Crippen LogP contribution in [0.3, 0.4) is 0 Å². The highest BCUT2D eigenvalue weighted by molar-refractivity contribution is 9.10. The maximum atomic E-state index is 12.3. The lowest BCUT2D eigenvalue weighted by Gasteiger charge is -2.26. The zero-order chi connectivity index (χ0) is 18.9. The zero-order valence-electron chi connectivity index (χ0n) is 14.8. The van der Waals surface area contributed by atoms with Gasteiger partial charge in [-0.15, -0.1) is 0 Å². The van der Waals surface area contributed by atoms with Crippen LogP contribution in [0.2, 0.25) is 0 Å². The highest BCUT2D eigenvalue weighted by Crippen LogP contribution is 2.35. The maximum absolute atomic E-state index is 12.3. The molecule has 5 nitrogen and oxygen atoms in total. The molecule has 0 aliphatic carbocycles. The smallest absolute Gasteiger partial charge is 0.229 e. The molecular weight excluding hydrogens is 406 g/mol. The number of likely N-dealkylation sites (tertiary alicyclic amines) is 1. The molecule has 1 aliphatic heterocycles. The van der Waals surface area contributed by atoms with Crippen molar-refractivity contribution < 1.29 is 9.21 Å². The van der Waals surface area contributed by atoms with Crippen molar-refractivity contribution in [2.45, 2.75) is 18.4 Å². The van der Waals surface area contributed by atoms with E-state index in [1.165, 1.54) is 0 Å². The standard InChI is InChI=1S/C21H20BrN3O2/c22-17-8-4-5-15(11-17)18-12-24-19(27-18)13-25-10-9-21(14-25,20(23)26)16-6-2-1-3-7-16/h1-8,11-12H,9-10,13-14H2,(H2,23,26). The molecule has 1 unspecified atom stereocenters. The Morgan fingerprint density at radius 2 is 2.04 bits per heavy atom. The minimum absolute atomic E-state index is 0.279. The van der Waals surface area contributed by atoms with Crippen LogP contribution in [0.5, 0.6) is 0 Å². The fraction of sp³-hybridized carbons (Fsp3) is 0.238. The van der Waals surface area contributed by atoms with Crippen LogP contribution in [0, 0.1) is 0 Å². The number of halogens is 1. The van der Waals surface area contributed by atoms with Gasteiger partial charge in [-0.25, -0.2) is 4.98 Å². The zero-order valence-corrected chi connectivity index (χ0v) is 16.4. The summed E-state index contributed by atoms with van der Waals surface area (Å²) < 4.78 is 6.92. The first kappa shape index (κ1) is 17.9. The van der Waals surface area contributed by atoms with Gasteiger partial charge >= 0.3 is 0 Å². The Kier molecular flexibility index (Phi) is 4.85. The fourth-order valence-electron chi connectivity index (χ4n) is 3.71. The van der Waals surface area contributed by atoms with Crippen molar-refractivity contribution in [2.75, 3.05) is 13.1 Å². The number of rotatable bonds is 5. The second-order valence-corrected chi connectivity index (χ2v) is 7.82. The van der Waals surface area contributed by atoms with Crippen molar-refractivity contribution in [2.24, 2.45) is 5.73 Å². The molecule has 2 heterocycles. The monoisotopic (exact) mass is 425 g/mol. The molecule has 138 valence electrons. The fourth-order valence-corrected chi connectivity index (χ4v) is 4.11. The minimum atomic E-state index is -0.652. The predicted octanol–water partition coefficient (Wildman–Crippen LogP) is 3.73. The molecule has 0 bridgehead atoms. The number of carbonyl (C=O) groups excluding carboxylic acids is 1. The molecule has 1 aliphatic rings. The lowest BCUT2D eigenvalue weighted by Crippen LogP contribution is -2.43. The third kappa shape index (κ3) is 3.55. The van der Waals surface area contributed by atoms with E-state index in [2.05, 4.69) is 25.8 Å². The first-order valence-electron chi connectivity index (χ1n) is 8.85. The summed E-state index contributed by atoms with van der Waals surface area (Å²) in [4.78, 5) is 18.9. The Morgan fingerprint density at radius 1 is 1.22 bits per heavy atom. The number of hydrogen-bond acceptors (Lipinski definition) is 4. The van der Waals surface area contributed by atoms with E-state index in [0.29, 0.717) is 25.4 Å². The molecular formula is C21H20BrN3O2. The van der Waals surface area contributed by atoms with E-state index >= 15 is 0 Å². The van der Waals surface area contributed by atoms with Gasteiger partial charge < -0.3 is 10.2 Å². The van der Waals surface area contributed by atoms with Gasteiger partial charge in [-0.2, -0.15) is 0 Å². The van der Waals surface area contributed by atoms with Crippen LogP contribution in [0.25, 0.3) is 11.3 Å². The molecule has 0 saturated carbocycles. The van der Waals surface area contributed by atoms with Crippen molar-refractivity contribution in [3.63, 3.8) is 0 Å². The molecule has 0 radical (unpaired) electrons. The van der Waals surface area contributed by atoms with Gasteiger partial charge in [-0.3, -0.25) is 9.69 Å². The van der Waals surface area contributed by atoms with Gasteiger partial charge in [-0.1, -0.05) is 58.4 Å². The van der Waals surface area contributed by atoms with Gasteiger partial charge in [0, 0.05) is 23.1 Å². The SMILES string of the molecule is NC(=O)C1(c2ccccc2)CCN(Cc2ncc(-c3cccc(Br)c3)o2)C1. The summed E-state index contributed by atoms with van der Waals surface area (Å²) in [6.45, 7) is 1.89. The van der Waals surface area contributed by atoms with Crippen LogP contribution < -0.4 is 5.73 Å². The Balaban J connectivity index is 1.51. The molecule has 1 aromatic heterocycles. The molecule has 1 saturated heterocycles. The van der Waals surface area contributed by atoms with E-state index in [1.54, 1.807) is 6.20 Å². The highest BCUT2D eigenvalue weighted by atomic mass is 79.9. The molecule has 4 rings (SSSR count). The summed E-state index contributed by atoms with van der Waals surface area (Å²) in [5, 5.41) is 0. The average molecular weight is 426 g/mol. The van der Waals surface area contributed by atoms with E-state index in [-0.39, 0.29) is 5.91 Å². The van der Waals surface area contributed by atoms with Gasteiger partial charge in [0.2, 0.25) is 11.8 Å². The van der Waals surface area contributed by atoms with Crippen LogP contribution in [0.1, 0.15) is 17.9 Å². The van der Waals surface area contributed by atoms with Crippen LogP contribution in [-0.2, 0) is 16.8 Å². The third-order valence-corrected chi connectivity index (χ3v) is 5.66. The van der Waals surface area contributed by atoms with Crippen molar-refractivity contribution in [3.8, 4) is 11.3 Å². The van der Waals surface area contributed by atoms with E-state index in [1.807, 2.05) is 54.6 Å². The third-order valence-electron chi connectivity index (χ3n) is 5.17. The number of aromatic nitrogens is 1. The van der Waals surface area contributed by atoms with Gasteiger partial charge in [-0.05, 0) is 24.1 Å². The molecule has 2 N–H and O–H groups in total. The molecule has 0 spiro atoms. The van der Waals surface area contributed by atoms with Crippen molar-refractivity contribution >= 4 is 21.8 Å². The van der Waals surface area contributed by atoms with Crippen LogP contribution >= 0.6 is 15.9 Å². The number of amides is 1. The van der Waals surface area contributed by atoms with E-state index in [0.717, 1.165) is 27.9 Å². The van der Waals surface area contributed by atoms with E-state index < -0.39 is 5.41 Å². The Morgan fingerprint density at radius 3 is 2.78 bits per heavy atom. The summed E-state index contributed by atoms with van der Waals surface area (Å²) in [6, 6.07) is 17.7. The minimum Gasteiger partial charge on any atom is -0.439 e. The Labute approximate surface area is 166 Å². The summed E-state index contributed by atoms with van der Waals surface area (Å²) >= 11 is 3.47. The number of oxazole rings is 1. The van der Waals surface area contributed by atoms with Crippen LogP contribution in [0.4, 0.5) is 0 Å². The van der Waals surface area contributed by atoms with Crippen molar-refractivity contribution in [1.82, 2.24) is 9.88 Å². The molecule has 1 amide bonds. The Hall–Kier alpha value is -2.44. The quantitative estimate of drug-likeness (QED) is 0.675. The molecule has 3 aromatic rings. The summed E-state index contributed by atoms with van der Waals surface area (Å²) in [5.74, 6) is 1.09. The summed E-state index contributed by atoms with van der Waals surface area (Å²) in [6.07, 6.45) is 2.44. The molecule has 2 aromatic carbocycles. The van der Waals surface area contributed by atoms with Gasteiger partial charge in [0.15, 0.2) is 5.76 Å². The number of primary amides is 1. The topological polar surface area (TPSA) is 72.4 Å². The normalized spacial score (nSPS) is 20.0. The Bertz CT molecular complexity index is 957. The van der Waals surface area contributed by atoms with Gasteiger partial charge in [0.25, 0.3) is 0 Å². The molecule has 27 heavy (non-hydrogen) atoms. The predicted molar refractivity (Wildman–Crippen MR) is 107 cm³/mol. The molecule has 6 heteroatoms. The lowest BCUT2D eigenvalue weighted by molar-refractivity contribution is -0.123.